The zero-order valence-electron chi connectivity index (χ0n) is 12.1. The van der Waals surface area contributed by atoms with Crippen LogP contribution in [0.4, 0.5) is 0 Å². The SMILES string of the molecule is C/C=C/C=C/C(=C/C)CC1=CS/C(=C/C=C2SC=CS2)S1. The maximum atomic E-state index is 2.27. The van der Waals surface area contributed by atoms with Crippen LogP contribution in [0.5, 0.6) is 0 Å². The number of allylic oxidation sites excluding steroid dienone is 9. The highest BCUT2D eigenvalue weighted by molar-refractivity contribution is 8.28. The van der Waals surface area contributed by atoms with Crippen molar-refractivity contribution < 1.29 is 0 Å². The molecule has 0 atom stereocenters. The molecule has 0 spiro atoms. The monoisotopic (exact) mass is 350 g/mol. The average Bonchev–Trinajstić information content (AvgIpc) is 3.15. The van der Waals surface area contributed by atoms with Crippen molar-refractivity contribution in [3.8, 4) is 0 Å². The van der Waals surface area contributed by atoms with E-state index in [-0.39, 0.29) is 0 Å². The van der Waals surface area contributed by atoms with Crippen LogP contribution in [-0.2, 0) is 0 Å². The second kappa shape index (κ2) is 9.57. The van der Waals surface area contributed by atoms with Gasteiger partial charge < -0.3 is 0 Å². The number of hydrogen-bond donors (Lipinski definition) is 0. The lowest BCUT2D eigenvalue weighted by atomic mass is 10.1. The summed E-state index contributed by atoms with van der Waals surface area (Å²) in [6, 6.07) is 0. The summed E-state index contributed by atoms with van der Waals surface area (Å²) in [5, 5.41) is 6.53. The summed E-state index contributed by atoms with van der Waals surface area (Å²) in [4.78, 5) is 1.42. The molecule has 0 radical (unpaired) electrons. The Morgan fingerprint density at radius 1 is 1.00 bits per heavy atom. The molecule has 2 aliphatic rings. The van der Waals surface area contributed by atoms with Crippen LogP contribution in [0.2, 0.25) is 0 Å². The fraction of sp³-hybridized carbons (Fsp3) is 0.176. The van der Waals surface area contributed by atoms with Crippen LogP contribution in [-0.4, -0.2) is 0 Å². The van der Waals surface area contributed by atoms with Gasteiger partial charge in [0.1, 0.15) is 0 Å². The molecule has 2 heterocycles. The summed E-state index contributed by atoms with van der Waals surface area (Å²) < 4.78 is 2.71. The third-order valence-corrected chi connectivity index (χ3v) is 7.03. The molecule has 0 saturated carbocycles. The van der Waals surface area contributed by atoms with Crippen molar-refractivity contribution >= 4 is 47.0 Å². The molecule has 0 N–H and O–H groups in total. The van der Waals surface area contributed by atoms with Gasteiger partial charge in [0.25, 0.3) is 0 Å². The van der Waals surface area contributed by atoms with Gasteiger partial charge >= 0.3 is 0 Å². The number of hydrogen-bond acceptors (Lipinski definition) is 4. The van der Waals surface area contributed by atoms with Gasteiger partial charge in [-0.3, -0.25) is 0 Å². The van der Waals surface area contributed by atoms with Crippen molar-refractivity contribution in [3.05, 3.63) is 77.7 Å². The number of thioether (sulfide) groups is 4. The van der Waals surface area contributed by atoms with Gasteiger partial charge in [-0.05, 0) is 47.8 Å². The van der Waals surface area contributed by atoms with Gasteiger partial charge in [0.05, 0.1) is 0 Å². The van der Waals surface area contributed by atoms with Gasteiger partial charge in [0.15, 0.2) is 0 Å². The Morgan fingerprint density at radius 3 is 2.48 bits per heavy atom. The van der Waals surface area contributed by atoms with Crippen LogP contribution in [0.3, 0.4) is 0 Å². The van der Waals surface area contributed by atoms with E-state index < -0.39 is 0 Å². The predicted molar refractivity (Wildman–Crippen MR) is 106 cm³/mol. The molecule has 0 saturated heterocycles. The number of rotatable bonds is 5. The second-order valence-corrected chi connectivity index (χ2v) is 8.70. The summed E-state index contributed by atoms with van der Waals surface area (Å²) in [6.45, 7) is 4.14. The van der Waals surface area contributed by atoms with E-state index in [0.717, 1.165) is 6.42 Å². The maximum absolute atomic E-state index is 2.27. The molecule has 0 unspecified atom stereocenters. The fourth-order valence-electron chi connectivity index (χ4n) is 1.63. The molecule has 110 valence electrons. The molecule has 0 amide bonds. The van der Waals surface area contributed by atoms with Crippen molar-refractivity contribution in [3.63, 3.8) is 0 Å². The minimum absolute atomic E-state index is 1.02. The summed E-state index contributed by atoms with van der Waals surface area (Å²) in [5.74, 6) is 0. The molecule has 2 rings (SSSR count). The Bertz CT molecular complexity index is 562. The Hall–Kier alpha value is -0.420. The van der Waals surface area contributed by atoms with Gasteiger partial charge in [-0.1, -0.05) is 77.4 Å². The Labute approximate surface area is 144 Å². The zero-order valence-corrected chi connectivity index (χ0v) is 15.4. The van der Waals surface area contributed by atoms with E-state index in [4.69, 9.17) is 0 Å². The largest absolute Gasteiger partial charge is 0.0902 e. The van der Waals surface area contributed by atoms with E-state index in [1.165, 1.54) is 19.0 Å². The van der Waals surface area contributed by atoms with Crippen molar-refractivity contribution in [2.75, 3.05) is 0 Å². The van der Waals surface area contributed by atoms with Crippen LogP contribution in [0, 0.1) is 0 Å². The molecule has 0 aromatic heterocycles. The van der Waals surface area contributed by atoms with Crippen LogP contribution >= 0.6 is 47.0 Å². The highest BCUT2D eigenvalue weighted by atomic mass is 32.2. The topological polar surface area (TPSA) is 0 Å². The molecule has 0 fully saturated rings. The van der Waals surface area contributed by atoms with Gasteiger partial charge in [-0.15, -0.1) is 0 Å². The quantitative estimate of drug-likeness (QED) is 0.473. The van der Waals surface area contributed by atoms with Crippen LogP contribution in [0.1, 0.15) is 20.3 Å². The van der Waals surface area contributed by atoms with E-state index in [0.29, 0.717) is 0 Å². The predicted octanol–water partition coefficient (Wildman–Crippen LogP) is 7.41. The van der Waals surface area contributed by atoms with E-state index >= 15 is 0 Å². The molecule has 0 aromatic carbocycles. The fourth-order valence-corrected chi connectivity index (χ4v) is 5.30. The molecule has 0 nitrogen and oxygen atoms in total. The van der Waals surface area contributed by atoms with Gasteiger partial charge in [0, 0.05) is 19.8 Å². The van der Waals surface area contributed by atoms with Crippen LogP contribution in [0.25, 0.3) is 0 Å². The van der Waals surface area contributed by atoms with Gasteiger partial charge in [-0.25, -0.2) is 0 Å². The lowest BCUT2D eigenvalue weighted by molar-refractivity contribution is 1.26. The van der Waals surface area contributed by atoms with E-state index in [2.05, 4.69) is 59.6 Å². The van der Waals surface area contributed by atoms with Crippen molar-refractivity contribution in [1.82, 2.24) is 0 Å². The normalized spacial score (nSPS) is 21.2. The minimum atomic E-state index is 1.02. The van der Waals surface area contributed by atoms with Crippen molar-refractivity contribution in [1.29, 1.82) is 0 Å². The summed E-state index contributed by atoms with van der Waals surface area (Å²) in [6.07, 6.45) is 16.0. The van der Waals surface area contributed by atoms with Gasteiger partial charge in [0.2, 0.25) is 0 Å². The van der Waals surface area contributed by atoms with E-state index in [1.54, 1.807) is 23.5 Å². The molecule has 4 heteroatoms. The molecule has 2 aliphatic heterocycles. The third-order valence-electron chi connectivity index (χ3n) is 2.68. The second-order valence-electron chi connectivity index (χ2n) is 4.21. The standard InChI is InChI=1S/C17H18S4/c1-3-5-6-7-14(4-2)12-15-13-20-17(21-15)9-8-16-18-10-11-19-16/h3-11,13H,12H2,1-2H3/b5-3+,7-6+,14-4-,17-9-. The average molecular weight is 351 g/mol. The Kier molecular flexibility index (Phi) is 7.72. The molecular formula is C17H18S4. The molecule has 0 aromatic rings. The Balaban J connectivity index is 1.86. The molecule has 0 aliphatic carbocycles. The lowest BCUT2D eigenvalue weighted by Crippen LogP contribution is -1.79. The van der Waals surface area contributed by atoms with Crippen LogP contribution in [0.15, 0.2) is 77.7 Å². The summed E-state index contributed by atoms with van der Waals surface area (Å²) in [7, 11) is 0. The van der Waals surface area contributed by atoms with E-state index in [1.807, 2.05) is 36.5 Å². The highest BCUT2D eigenvalue weighted by Gasteiger charge is 2.12. The molecule has 21 heavy (non-hydrogen) atoms. The van der Waals surface area contributed by atoms with Crippen molar-refractivity contribution in [2.24, 2.45) is 0 Å². The smallest absolute Gasteiger partial charge is 0.0490 e. The first kappa shape index (κ1) is 16.9. The highest BCUT2D eigenvalue weighted by Crippen LogP contribution is 2.46. The maximum Gasteiger partial charge on any atom is 0.0490 e. The first-order valence-electron chi connectivity index (χ1n) is 6.70. The first-order valence-corrected chi connectivity index (χ1v) is 10.2. The Morgan fingerprint density at radius 2 is 1.76 bits per heavy atom. The van der Waals surface area contributed by atoms with Gasteiger partial charge in [-0.2, -0.15) is 0 Å². The molecular weight excluding hydrogens is 332 g/mol. The van der Waals surface area contributed by atoms with E-state index in [9.17, 15) is 0 Å². The lowest BCUT2D eigenvalue weighted by Gasteiger charge is -2.01. The minimum Gasteiger partial charge on any atom is -0.0902 e. The van der Waals surface area contributed by atoms with Crippen LogP contribution < -0.4 is 0 Å². The third kappa shape index (κ3) is 6.07. The summed E-state index contributed by atoms with van der Waals surface area (Å²) in [5.41, 5.74) is 1.36. The zero-order chi connectivity index (χ0) is 14.9. The summed E-state index contributed by atoms with van der Waals surface area (Å²) >= 11 is 7.30. The first-order chi connectivity index (χ1) is 10.3. The van der Waals surface area contributed by atoms with Crippen molar-refractivity contribution in [2.45, 2.75) is 20.3 Å². The molecule has 0 bridgehead atoms.